The fraction of sp³-hybridized carbons (Fsp3) is 0.640. The maximum absolute atomic E-state index is 12.9. The van der Waals surface area contributed by atoms with Gasteiger partial charge in [-0.25, -0.2) is 0 Å². The summed E-state index contributed by atoms with van der Waals surface area (Å²) in [6.07, 6.45) is 97.1. The van der Waals surface area contributed by atoms with E-state index < -0.39 is 6.10 Å². The van der Waals surface area contributed by atoms with Gasteiger partial charge in [0.25, 0.3) is 0 Å². The normalized spacial score (nSPS) is 13.1. The molecule has 0 amide bonds. The molecular formula is C75H122O6. The molecule has 1 unspecified atom stereocenters. The van der Waals surface area contributed by atoms with Crippen LogP contribution < -0.4 is 0 Å². The molecule has 6 nitrogen and oxygen atoms in total. The lowest BCUT2D eigenvalue weighted by atomic mass is 10.1. The first-order valence-electron chi connectivity index (χ1n) is 33.3. The van der Waals surface area contributed by atoms with E-state index in [1.165, 1.54) is 96.3 Å². The van der Waals surface area contributed by atoms with E-state index in [0.29, 0.717) is 19.3 Å². The van der Waals surface area contributed by atoms with E-state index in [-0.39, 0.29) is 31.1 Å². The summed E-state index contributed by atoms with van der Waals surface area (Å²) in [6.45, 7) is 6.38. The molecule has 0 bridgehead atoms. The molecular weight excluding hydrogens is 997 g/mol. The maximum atomic E-state index is 12.9. The Morgan fingerprint density at radius 2 is 0.481 bits per heavy atom. The van der Waals surface area contributed by atoms with Gasteiger partial charge in [0.05, 0.1) is 0 Å². The highest BCUT2D eigenvalue weighted by atomic mass is 16.6. The van der Waals surface area contributed by atoms with Crippen molar-refractivity contribution in [1.82, 2.24) is 0 Å². The number of esters is 3. The van der Waals surface area contributed by atoms with Gasteiger partial charge in [-0.15, -0.1) is 0 Å². The Morgan fingerprint density at radius 1 is 0.259 bits per heavy atom. The summed E-state index contributed by atoms with van der Waals surface area (Å²) < 4.78 is 16.9. The number of ether oxygens (including phenoxy) is 3. The number of unbranched alkanes of at least 4 members (excludes halogenated alkanes) is 24. The lowest BCUT2D eigenvalue weighted by Crippen LogP contribution is -2.30. The Balaban J connectivity index is 4.37. The molecule has 0 saturated carbocycles. The van der Waals surface area contributed by atoms with Crippen molar-refractivity contribution in [3.8, 4) is 0 Å². The fourth-order valence-corrected chi connectivity index (χ4v) is 8.88. The number of carbonyl (C=O) groups excluding carboxylic acids is 3. The van der Waals surface area contributed by atoms with Crippen molar-refractivity contribution in [3.05, 3.63) is 146 Å². The summed E-state index contributed by atoms with van der Waals surface area (Å²) in [5.41, 5.74) is 0. The third-order valence-corrected chi connectivity index (χ3v) is 13.8. The van der Waals surface area contributed by atoms with Gasteiger partial charge in [0.1, 0.15) is 13.2 Å². The molecule has 6 heteroatoms. The zero-order valence-corrected chi connectivity index (χ0v) is 52.5. The summed E-state index contributed by atoms with van der Waals surface area (Å²) >= 11 is 0. The molecule has 1 atom stereocenters. The standard InChI is InChI=1S/C75H122O6/c1-4-7-10-13-16-19-22-25-27-29-31-33-34-35-36-37-38-39-40-42-43-45-47-50-53-56-59-62-65-68-74(77)80-71-72(70-79-73(76)67-64-61-58-55-52-49-24-21-18-15-12-9-6-3)81-75(78)69-66-63-60-57-54-51-48-46-44-41-32-30-28-26-23-20-17-14-11-8-5-2/h7-8,10-11,16-17,19-21,24-28,31-33,35-36,38-39,41-43,72H,4-6,9,12-15,18,22-23,29-30,34,37,40,44-71H2,1-3H3/b10-7-,11-8-,19-16-,20-17-,24-21-,27-25-,28-26-,33-31-,36-35-,39-38-,41-32-,43-42-. The summed E-state index contributed by atoms with van der Waals surface area (Å²) in [5, 5.41) is 0. The molecule has 0 rings (SSSR count). The Bertz CT molecular complexity index is 1760. The van der Waals surface area contributed by atoms with Crippen molar-refractivity contribution >= 4 is 17.9 Å². The van der Waals surface area contributed by atoms with Crippen LogP contribution in [0.5, 0.6) is 0 Å². The molecule has 0 heterocycles. The molecule has 0 aliphatic carbocycles. The van der Waals surface area contributed by atoms with Crippen molar-refractivity contribution in [3.63, 3.8) is 0 Å². The van der Waals surface area contributed by atoms with Crippen LogP contribution in [0.1, 0.15) is 290 Å². The lowest BCUT2D eigenvalue weighted by Gasteiger charge is -2.18. The van der Waals surface area contributed by atoms with Crippen molar-refractivity contribution in [1.29, 1.82) is 0 Å². The molecule has 0 fully saturated rings. The van der Waals surface area contributed by atoms with E-state index in [9.17, 15) is 14.4 Å². The van der Waals surface area contributed by atoms with E-state index in [2.05, 4.69) is 167 Å². The Labute approximate surface area is 499 Å². The summed E-state index contributed by atoms with van der Waals surface area (Å²) in [4.78, 5) is 38.4. The number of rotatable bonds is 59. The van der Waals surface area contributed by atoms with Gasteiger partial charge in [-0.3, -0.25) is 14.4 Å². The molecule has 0 aliphatic rings. The van der Waals surface area contributed by atoms with Gasteiger partial charge in [-0.1, -0.05) is 276 Å². The highest BCUT2D eigenvalue weighted by Gasteiger charge is 2.19. The minimum absolute atomic E-state index is 0.0931. The van der Waals surface area contributed by atoms with Crippen LogP contribution in [0.4, 0.5) is 0 Å². The molecule has 0 aliphatic heterocycles. The zero-order valence-electron chi connectivity index (χ0n) is 52.5. The number of hydrogen-bond acceptors (Lipinski definition) is 6. The van der Waals surface area contributed by atoms with E-state index in [4.69, 9.17) is 14.2 Å². The van der Waals surface area contributed by atoms with Crippen LogP contribution in [-0.2, 0) is 28.6 Å². The minimum Gasteiger partial charge on any atom is -0.462 e. The molecule has 0 spiro atoms. The smallest absolute Gasteiger partial charge is 0.306 e. The summed E-state index contributed by atoms with van der Waals surface area (Å²) in [6, 6.07) is 0. The molecule has 0 aromatic rings. The second kappa shape index (κ2) is 67.8. The molecule has 81 heavy (non-hydrogen) atoms. The van der Waals surface area contributed by atoms with Gasteiger partial charge in [0.2, 0.25) is 0 Å². The average molecular weight is 1120 g/mol. The third-order valence-electron chi connectivity index (χ3n) is 13.8. The van der Waals surface area contributed by atoms with Crippen LogP contribution in [0.25, 0.3) is 0 Å². The van der Waals surface area contributed by atoms with Crippen LogP contribution in [-0.4, -0.2) is 37.2 Å². The van der Waals surface area contributed by atoms with Gasteiger partial charge in [-0.2, -0.15) is 0 Å². The van der Waals surface area contributed by atoms with Crippen LogP contribution >= 0.6 is 0 Å². The third kappa shape index (κ3) is 66.0. The highest BCUT2D eigenvalue weighted by Crippen LogP contribution is 2.15. The minimum atomic E-state index is -0.798. The largest absolute Gasteiger partial charge is 0.462 e. The van der Waals surface area contributed by atoms with Crippen LogP contribution in [0, 0.1) is 0 Å². The van der Waals surface area contributed by atoms with Crippen LogP contribution in [0.2, 0.25) is 0 Å². The van der Waals surface area contributed by atoms with Gasteiger partial charge in [0, 0.05) is 19.3 Å². The first-order chi connectivity index (χ1) is 40.0. The molecule has 0 radical (unpaired) electrons. The second-order valence-corrected chi connectivity index (χ2v) is 21.6. The molecule has 0 aromatic heterocycles. The van der Waals surface area contributed by atoms with Gasteiger partial charge in [0.15, 0.2) is 6.10 Å². The second-order valence-electron chi connectivity index (χ2n) is 21.6. The molecule has 0 aromatic carbocycles. The number of hydrogen-bond donors (Lipinski definition) is 0. The van der Waals surface area contributed by atoms with Crippen molar-refractivity contribution in [2.24, 2.45) is 0 Å². The summed E-state index contributed by atoms with van der Waals surface area (Å²) in [7, 11) is 0. The van der Waals surface area contributed by atoms with Gasteiger partial charge >= 0.3 is 17.9 Å². The number of allylic oxidation sites excluding steroid dienone is 24. The van der Waals surface area contributed by atoms with Crippen LogP contribution in [0.15, 0.2) is 146 Å². The average Bonchev–Trinajstić information content (AvgIpc) is 3.46. The van der Waals surface area contributed by atoms with Crippen molar-refractivity contribution < 1.29 is 28.6 Å². The first kappa shape index (κ1) is 76.3. The van der Waals surface area contributed by atoms with Crippen LogP contribution in [0.3, 0.4) is 0 Å². The first-order valence-corrected chi connectivity index (χ1v) is 33.3. The van der Waals surface area contributed by atoms with E-state index in [0.717, 1.165) is 154 Å². The quantitative estimate of drug-likeness (QED) is 0.0261. The van der Waals surface area contributed by atoms with Gasteiger partial charge < -0.3 is 14.2 Å². The molecule has 0 N–H and O–H groups in total. The topological polar surface area (TPSA) is 78.9 Å². The predicted octanol–water partition coefficient (Wildman–Crippen LogP) is 23.1. The Kier molecular flexibility index (Phi) is 63.9. The lowest BCUT2D eigenvalue weighted by molar-refractivity contribution is -0.167. The van der Waals surface area contributed by atoms with Crippen molar-refractivity contribution in [2.75, 3.05) is 13.2 Å². The Morgan fingerprint density at radius 3 is 0.765 bits per heavy atom. The zero-order chi connectivity index (χ0) is 58.5. The van der Waals surface area contributed by atoms with E-state index in [1.807, 2.05) is 0 Å². The van der Waals surface area contributed by atoms with Crippen molar-refractivity contribution in [2.45, 2.75) is 297 Å². The number of carbonyl (C=O) groups is 3. The predicted molar refractivity (Wildman–Crippen MR) is 352 cm³/mol. The Hall–Kier alpha value is -4.71. The fourth-order valence-electron chi connectivity index (χ4n) is 8.88. The molecule has 458 valence electrons. The maximum Gasteiger partial charge on any atom is 0.306 e. The van der Waals surface area contributed by atoms with E-state index >= 15 is 0 Å². The SMILES string of the molecule is CC/C=C\C/C=C\C/C=C\C/C=C\C/C=C\C/C=C\C/C=C\CCCCCCCCCC(=O)OCC(COC(=O)CCCCCCC/C=C\CCCCCC)OC(=O)CCCCCCCCCC/C=C\C/C=C\C/C=C\C/C=C\CC. The van der Waals surface area contributed by atoms with E-state index in [1.54, 1.807) is 0 Å². The molecule has 0 saturated heterocycles. The monoisotopic (exact) mass is 1120 g/mol. The van der Waals surface area contributed by atoms with Gasteiger partial charge in [-0.05, 0) is 141 Å². The highest BCUT2D eigenvalue weighted by molar-refractivity contribution is 5.71. The summed E-state index contributed by atoms with van der Waals surface area (Å²) in [5.74, 6) is -0.918.